The van der Waals surface area contributed by atoms with Gasteiger partial charge in [-0.15, -0.1) is 0 Å². The minimum atomic E-state index is -0.968. The number of benzene rings is 6. The molecule has 0 atom stereocenters. The zero-order chi connectivity index (χ0) is 36.5. The number of aliphatic carboxylic acids is 2. The summed E-state index contributed by atoms with van der Waals surface area (Å²) in [5.41, 5.74) is 2.02. The van der Waals surface area contributed by atoms with Gasteiger partial charge in [0.25, 0.3) is 11.9 Å². The van der Waals surface area contributed by atoms with Crippen molar-refractivity contribution in [1.82, 2.24) is 0 Å². The van der Waals surface area contributed by atoms with E-state index in [-0.39, 0.29) is 33.1 Å². The summed E-state index contributed by atoms with van der Waals surface area (Å²) >= 11 is 0. The van der Waals surface area contributed by atoms with Crippen LogP contribution in [0.4, 0.5) is 0 Å². The average molecular weight is 832 g/mol. The molecule has 2 heterocycles. The third-order valence-electron chi connectivity index (χ3n) is 7.82. The number of rotatable bonds is 7. The topological polar surface area (TPSA) is 112 Å². The monoisotopic (exact) mass is 832 g/mol. The van der Waals surface area contributed by atoms with Gasteiger partial charge in [0.15, 0.2) is 23.0 Å². The summed E-state index contributed by atoms with van der Waals surface area (Å²) in [4.78, 5) is 18.0. The molecule has 6 aromatic carbocycles. The van der Waals surface area contributed by atoms with Gasteiger partial charge in [-0.1, -0.05) is 121 Å². The molecule has 0 aliphatic carbocycles. The van der Waals surface area contributed by atoms with Crippen molar-refractivity contribution in [2.75, 3.05) is 13.6 Å². The van der Waals surface area contributed by atoms with Crippen molar-refractivity contribution in [1.29, 1.82) is 0 Å². The van der Waals surface area contributed by atoms with Crippen LogP contribution in [0.5, 0.6) is 23.0 Å². The summed E-state index contributed by atoms with van der Waals surface area (Å²) in [6.07, 6.45) is 0. The molecular formula is C42H36O8P2Ru. The van der Waals surface area contributed by atoms with Crippen molar-refractivity contribution in [2.24, 2.45) is 0 Å². The Morgan fingerprint density at radius 3 is 0.981 bits per heavy atom. The average Bonchev–Trinajstić information content (AvgIpc) is 3.84. The molecule has 270 valence electrons. The third kappa shape index (κ3) is 9.31. The summed E-state index contributed by atoms with van der Waals surface area (Å²) in [5, 5.41) is 22.2. The van der Waals surface area contributed by atoms with Crippen LogP contribution in [0.15, 0.2) is 146 Å². The van der Waals surface area contributed by atoms with E-state index in [2.05, 4.69) is 146 Å². The molecule has 0 bridgehead atoms. The number of hydrogen-bond acceptors (Lipinski definition) is 6. The van der Waals surface area contributed by atoms with Crippen molar-refractivity contribution in [3.05, 3.63) is 146 Å². The molecule has 11 heteroatoms. The predicted octanol–water partition coefficient (Wildman–Crippen LogP) is 6.51. The Balaban J connectivity index is 0.000000550. The van der Waals surface area contributed by atoms with Gasteiger partial charge >= 0.3 is 0 Å². The van der Waals surface area contributed by atoms with Crippen LogP contribution in [0, 0.1) is 0 Å². The van der Waals surface area contributed by atoms with Crippen molar-refractivity contribution in [3.8, 4) is 34.1 Å². The van der Waals surface area contributed by atoms with Crippen molar-refractivity contribution >= 4 is 59.6 Å². The molecule has 6 aromatic rings. The standard InChI is InChI=1S/C38H28O4P2.2C2H4O2.Ru/c1-5-13-27(14-6-1)43(28-15-7-2-8-16-28)33-23-21-31-37(41-25-39-31)35(33)36-34(24-22-32-38(36)42-26-40-32)44(29-17-9-3-10-18-29)30-19-11-4-12-20-30;2*1-2(3)4;/h1-24H,25-26H2;2*1H3,(H,3,4);. The van der Waals surface area contributed by atoms with E-state index in [0.717, 1.165) is 48.0 Å². The van der Waals surface area contributed by atoms with Gasteiger partial charge in [-0.25, -0.2) is 0 Å². The number of hydrogen-bond donors (Lipinski definition) is 2. The smallest absolute Gasteiger partial charge is 0.300 e. The molecule has 0 fully saturated rings. The Labute approximate surface area is 323 Å². The van der Waals surface area contributed by atoms with E-state index < -0.39 is 27.8 Å². The van der Waals surface area contributed by atoms with Gasteiger partial charge in [0.1, 0.15) is 0 Å². The first kappa shape index (κ1) is 39.2. The van der Waals surface area contributed by atoms with E-state index in [0.29, 0.717) is 0 Å². The number of ether oxygens (including phenoxy) is 4. The molecule has 0 amide bonds. The van der Waals surface area contributed by atoms with Gasteiger partial charge in [-0.3, -0.25) is 9.59 Å². The van der Waals surface area contributed by atoms with Gasteiger partial charge < -0.3 is 29.2 Å². The molecule has 0 spiro atoms. The maximum absolute atomic E-state index is 9.00. The molecule has 0 aromatic heterocycles. The Morgan fingerprint density at radius 2 is 0.717 bits per heavy atom. The molecule has 2 aliphatic rings. The van der Waals surface area contributed by atoms with Crippen LogP contribution in [0.1, 0.15) is 13.8 Å². The summed E-state index contributed by atoms with van der Waals surface area (Å²) < 4.78 is 24.7. The Kier molecular flexibility index (Phi) is 13.8. The number of carboxylic acid groups (broad SMARTS) is 2. The molecule has 2 N–H and O–H groups in total. The van der Waals surface area contributed by atoms with Crippen LogP contribution in [0.2, 0.25) is 0 Å². The summed E-state index contributed by atoms with van der Waals surface area (Å²) in [6, 6.07) is 51.6. The molecule has 0 saturated heterocycles. The second-order valence-electron chi connectivity index (χ2n) is 11.4. The molecule has 0 saturated carbocycles. The van der Waals surface area contributed by atoms with E-state index >= 15 is 0 Å². The maximum atomic E-state index is 9.00. The Hall–Kier alpha value is -5.06. The van der Waals surface area contributed by atoms with Crippen LogP contribution in [-0.2, 0) is 29.1 Å². The maximum Gasteiger partial charge on any atom is 0.300 e. The fourth-order valence-electron chi connectivity index (χ4n) is 5.94. The van der Waals surface area contributed by atoms with Gasteiger partial charge in [0.2, 0.25) is 13.6 Å². The van der Waals surface area contributed by atoms with E-state index in [1.165, 1.54) is 31.8 Å². The summed E-state index contributed by atoms with van der Waals surface area (Å²) in [5.74, 6) is 1.32. The largest absolute Gasteiger partial charge is 0.481 e. The molecule has 53 heavy (non-hydrogen) atoms. The second-order valence-corrected chi connectivity index (χ2v) is 15.8. The van der Waals surface area contributed by atoms with Gasteiger partial charge in [-0.05, 0) is 71.9 Å². The van der Waals surface area contributed by atoms with Gasteiger partial charge in [0, 0.05) is 44.5 Å². The molecule has 8 rings (SSSR count). The normalized spacial score (nSPS) is 11.8. The summed E-state index contributed by atoms with van der Waals surface area (Å²) in [6.45, 7) is 2.52. The van der Waals surface area contributed by atoms with Crippen LogP contribution >= 0.6 is 15.8 Å². The second kappa shape index (κ2) is 18.6. The van der Waals surface area contributed by atoms with Crippen LogP contribution < -0.4 is 50.8 Å². The fourth-order valence-corrected chi connectivity index (χ4v) is 10.9. The molecular weight excluding hydrogens is 795 g/mol. The molecule has 8 nitrogen and oxygen atoms in total. The van der Waals surface area contributed by atoms with Crippen LogP contribution in [0.25, 0.3) is 11.1 Å². The van der Waals surface area contributed by atoms with Gasteiger partial charge in [-0.2, -0.15) is 0 Å². The number of fused-ring (bicyclic) bond motifs is 2. The van der Waals surface area contributed by atoms with Gasteiger partial charge in [0.05, 0.1) is 0 Å². The van der Waals surface area contributed by atoms with Crippen LogP contribution in [0.3, 0.4) is 0 Å². The van der Waals surface area contributed by atoms with Crippen molar-refractivity contribution < 1.29 is 58.2 Å². The SMILES string of the molecule is CC(=O)O.CC(=O)O.[Ru].c1ccc(P(c2ccccc2)c2ccc3c(c2-c2c(P(c4ccccc4)c4ccccc4)ccc4c2OCO4)OCO3)cc1. The van der Waals surface area contributed by atoms with E-state index in [4.69, 9.17) is 38.7 Å². The van der Waals surface area contributed by atoms with Crippen molar-refractivity contribution in [2.45, 2.75) is 13.8 Å². The fraction of sp³-hybridized carbons (Fsp3) is 0.0952. The zero-order valence-corrected chi connectivity index (χ0v) is 32.4. The molecule has 0 unspecified atom stereocenters. The van der Waals surface area contributed by atoms with E-state index in [1.807, 2.05) is 0 Å². The first-order chi connectivity index (χ1) is 25.3. The van der Waals surface area contributed by atoms with Crippen molar-refractivity contribution in [3.63, 3.8) is 0 Å². The minimum Gasteiger partial charge on any atom is -0.481 e. The zero-order valence-electron chi connectivity index (χ0n) is 28.9. The predicted molar refractivity (Wildman–Crippen MR) is 208 cm³/mol. The molecule has 0 radical (unpaired) electrons. The first-order valence-corrected chi connectivity index (χ1v) is 19.1. The Morgan fingerprint density at radius 1 is 0.453 bits per heavy atom. The number of carboxylic acids is 2. The number of carbonyl (C=O) groups is 2. The first-order valence-electron chi connectivity index (χ1n) is 16.4. The molecule has 2 aliphatic heterocycles. The van der Waals surface area contributed by atoms with E-state index in [1.54, 1.807) is 0 Å². The summed E-state index contributed by atoms with van der Waals surface area (Å²) in [7, 11) is -1.94. The van der Waals surface area contributed by atoms with E-state index in [9.17, 15) is 0 Å². The third-order valence-corrected chi connectivity index (χ3v) is 12.8. The Bertz CT molecular complexity index is 1890. The minimum absolute atomic E-state index is 0. The van der Waals surface area contributed by atoms with Crippen LogP contribution in [-0.4, -0.2) is 35.7 Å². The quantitative estimate of drug-likeness (QED) is 0.139.